The van der Waals surface area contributed by atoms with Gasteiger partial charge in [0.2, 0.25) is 5.91 Å². The Kier molecular flexibility index (Phi) is 6.53. The van der Waals surface area contributed by atoms with Crippen LogP contribution >= 0.6 is 0 Å². The van der Waals surface area contributed by atoms with Crippen molar-refractivity contribution in [2.75, 3.05) is 6.54 Å². The van der Waals surface area contributed by atoms with Crippen molar-refractivity contribution in [3.63, 3.8) is 0 Å². The number of rotatable bonds is 6. The van der Waals surface area contributed by atoms with Crippen molar-refractivity contribution in [2.45, 2.75) is 52.6 Å². The zero-order chi connectivity index (χ0) is 22.0. The van der Waals surface area contributed by atoms with Crippen LogP contribution in [0, 0.1) is 23.5 Å². The molecule has 2 heterocycles. The van der Waals surface area contributed by atoms with Crippen molar-refractivity contribution in [3.8, 4) is 11.3 Å². The van der Waals surface area contributed by atoms with Gasteiger partial charge in [-0.15, -0.1) is 0 Å². The average molecular weight is 419 g/mol. The SMILES string of the molecule is CC(C)C[C@H]1CN(C(=O)c2cc(-c3cc(F)cc(F)c3)on2)[C@@H](CC(C)C)C(=O)N1. The normalized spacial score (nSPS) is 19.5. The second-order valence-corrected chi connectivity index (χ2v) is 8.67. The number of aromatic nitrogens is 1. The van der Waals surface area contributed by atoms with E-state index in [0.717, 1.165) is 24.6 Å². The molecule has 6 nitrogen and oxygen atoms in total. The molecule has 8 heteroatoms. The fourth-order valence-corrected chi connectivity index (χ4v) is 3.81. The number of hydrogen-bond acceptors (Lipinski definition) is 4. The molecule has 2 atom stereocenters. The molecule has 0 saturated carbocycles. The summed E-state index contributed by atoms with van der Waals surface area (Å²) in [5, 5.41) is 6.83. The van der Waals surface area contributed by atoms with E-state index in [1.54, 1.807) is 4.90 Å². The monoisotopic (exact) mass is 419 g/mol. The molecule has 1 N–H and O–H groups in total. The van der Waals surface area contributed by atoms with Crippen LogP contribution in [0.1, 0.15) is 51.0 Å². The van der Waals surface area contributed by atoms with E-state index in [9.17, 15) is 18.4 Å². The molecule has 2 aromatic rings. The molecule has 2 amide bonds. The van der Waals surface area contributed by atoms with E-state index in [-0.39, 0.29) is 34.9 Å². The van der Waals surface area contributed by atoms with Gasteiger partial charge in [-0.1, -0.05) is 32.9 Å². The van der Waals surface area contributed by atoms with Gasteiger partial charge >= 0.3 is 0 Å². The number of halogens is 2. The Morgan fingerprint density at radius 1 is 1.13 bits per heavy atom. The van der Waals surface area contributed by atoms with E-state index >= 15 is 0 Å². The van der Waals surface area contributed by atoms with Crippen LogP contribution in [-0.2, 0) is 4.79 Å². The third-order valence-corrected chi connectivity index (χ3v) is 5.03. The van der Waals surface area contributed by atoms with Crippen LogP contribution in [0.25, 0.3) is 11.3 Å². The van der Waals surface area contributed by atoms with Crippen molar-refractivity contribution < 1.29 is 22.9 Å². The molecule has 162 valence electrons. The summed E-state index contributed by atoms with van der Waals surface area (Å²) in [4.78, 5) is 27.5. The molecule has 0 spiro atoms. The molecule has 3 rings (SSSR count). The number of carbonyl (C=O) groups excluding carboxylic acids is 2. The van der Waals surface area contributed by atoms with Crippen LogP contribution in [0.2, 0.25) is 0 Å². The summed E-state index contributed by atoms with van der Waals surface area (Å²) in [5.74, 6) is -1.47. The first-order valence-electron chi connectivity index (χ1n) is 10.2. The molecule has 0 aliphatic carbocycles. The molecular formula is C22H27F2N3O3. The van der Waals surface area contributed by atoms with Crippen molar-refractivity contribution in [2.24, 2.45) is 11.8 Å². The Hall–Kier alpha value is -2.77. The average Bonchev–Trinajstić information content (AvgIpc) is 3.11. The fraction of sp³-hybridized carbons (Fsp3) is 0.500. The quantitative estimate of drug-likeness (QED) is 0.767. The Labute approximate surface area is 174 Å². The van der Waals surface area contributed by atoms with Crippen molar-refractivity contribution in [1.82, 2.24) is 15.4 Å². The van der Waals surface area contributed by atoms with Gasteiger partial charge in [-0.2, -0.15) is 0 Å². The van der Waals surface area contributed by atoms with Gasteiger partial charge < -0.3 is 14.7 Å². The first-order valence-corrected chi connectivity index (χ1v) is 10.2. The fourth-order valence-electron chi connectivity index (χ4n) is 3.81. The second-order valence-electron chi connectivity index (χ2n) is 8.67. The van der Waals surface area contributed by atoms with Gasteiger partial charge in [0.1, 0.15) is 17.7 Å². The second kappa shape index (κ2) is 8.93. The van der Waals surface area contributed by atoms with Crippen molar-refractivity contribution >= 4 is 11.8 Å². The summed E-state index contributed by atoms with van der Waals surface area (Å²) >= 11 is 0. The first kappa shape index (κ1) is 21.9. The maximum atomic E-state index is 13.5. The standard InChI is InChI=1S/C22H27F2N3O3/c1-12(2)5-17-11-27(19(6-13(3)4)21(28)25-17)22(29)18-10-20(30-26-18)14-7-15(23)9-16(24)8-14/h7-10,12-13,17,19H,5-6,11H2,1-4H3,(H,25,28)/t17-,19-/m0/s1. The van der Waals surface area contributed by atoms with E-state index in [4.69, 9.17) is 4.52 Å². The predicted molar refractivity (Wildman–Crippen MR) is 108 cm³/mol. The summed E-state index contributed by atoms with van der Waals surface area (Å²) in [7, 11) is 0. The molecule has 1 aromatic carbocycles. The molecule has 1 saturated heterocycles. The third-order valence-electron chi connectivity index (χ3n) is 5.03. The number of nitrogens with one attached hydrogen (secondary N) is 1. The molecule has 1 aliphatic heterocycles. The van der Waals surface area contributed by atoms with E-state index in [1.165, 1.54) is 6.07 Å². The third kappa shape index (κ3) is 5.04. The minimum Gasteiger partial charge on any atom is -0.355 e. The molecular weight excluding hydrogens is 392 g/mol. The highest BCUT2D eigenvalue weighted by Gasteiger charge is 2.39. The van der Waals surface area contributed by atoms with Crippen LogP contribution in [0.4, 0.5) is 8.78 Å². The zero-order valence-corrected chi connectivity index (χ0v) is 17.6. The number of benzene rings is 1. The molecule has 0 radical (unpaired) electrons. The summed E-state index contributed by atoms with van der Waals surface area (Å²) in [6.07, 6.45) is 1.27. The van der Waals surface area contributed by atoms with Gasteiger partial charge in [0, 0.05) is 30.3 Å². The van der Waals surface area contributed by atoms with Gasteiger partial charge in [-0.05, 0) is 36.8 Å². The highest BCUT2D eigenvalue weighted by molar-refractivity contribution is 5.97. The summed E-state index contributed by atoms with van der Waals surface area (Å²) in [5.41, 5.74) is 0.147. The van der Waals surface area contributed by atoms with E-state index < -0.39 is 23.6 Å². The Bertz CT molecular complexity index is 906. The minimum absolute atomic E-state index is 0.00132. The predicted octanol–water partition coefficient (Wildman–Crippen LogP) is 4.02. The maximum absolute atomic E-state index is 13.5. The molecule has 1 aliphatic rings. The lowest BCUT2D eigenvalue weighted by atomic mass is 9.94. The summed E-state index contributed by atoms with van der Waals surface area (Å²) < 4.78 is 32.2. The Morgan fingerprint density at radius 3 is 2.37 bits per heavy atom. The topological polar surface area (TPSA) is 75.4 Å². The van der Waals surface area contributed by atoms with Crippen LogP contribution < -0.4 is 5.32 Å². The Balaban J connectivity index is 1.87. The van der Waals surface area contributed by atoms with Gasteiger partial charge in [0.15, 0.2) is 11.5 Å². The lowest BCUT2D eigenvalue weighted by Crippen LogP contribution is -2.62. The van der Waals surface area contributed by atoms with E-state index in [1.807, 2.05) is 13.8 Å². The van der Waals surface area contributed by atoms with Gasteiger partial charge in [-0.25, -0.2) is 8.78 Å². The molecule has 0 bridgehead atoms. The largest absolute Gasteiger partial charge is 0.355 e. The van der Waals surface area contributed by atoms with Crippen LogP contribution in [-0.4, -0.2) is 40.5 Å². The first-order chi connectivity index (χ1) is 14.1. The van der Waals surface area contributed by atoms with Gasteiger partial charge in [0.25, 0.3) is 5.91 Å². The van der Waals surface area contributed by atoms with E-state index in [2.05, 4.69) is 24.3 Å². The lowest BCUT2D eigenvalue weighted by Gasteiger charge is -2.40. The van der Waals surface area contributed by atoms with Crippen LogP contribution in [0.3, 0.4) is 0 Å². The Morgan fingerprint density at radius 2 is 1.77 bits per heavy atom. The molecule has 30 heavy (non-hydrogen) atoms. The smallest absolute Gasteiger partial charge is 0.276 e. The highest BCUT2D eigenvalue weighted by Crippen LogP contribution is 2.25. The number of amides is 2. The molecule has 0 unspecified atom stereocenters. The van der Waals surface area contributed by atoms with E-state index in [0.29, 0.717) is 18.9 Å². The number of nitrogens with zero attached hydrogens (tertiary/aromatic N) is 2. The minimum atomic E-state index is -0.754. The number of piperazine rings is 1. The lowest BCUT2D eigenvalue weighted by molar-refractivity contribution is -0.130. The van der Waals surface area contributed by atoms with Crippen molar-refractivity contribution in [1.29, 1.82) is 0 Å². The summed E-state index contributed by atoms with van der Waals surface area (Å²) in [6.45, 7) is 8.46. The number of carbonyl (C=O) groups is 2. The highest BCUT2D eigenvalue weighted by atomic mass is 19.1. The van der Waals surface area contributed by atoms with Crippen LogP contribution in [0.5, 0.6) is 0 Å². The summed E-state index contributed by atoms with van der Waals surface area (Å²) in [6, 6.07) is 3.57. The van der Waals surface area contributed by atoms with Crippen LogP contribution in [0.15, 0.2) is 28.8 Å². The molecule has 1 fully saturated rings. The van der Waals surface area contributed by atoms with Gasteiger partial charge in [0.05, 0.1) is 0 Å². The molecule has 1 aromatic heterocycles. The maximum Gasteiger partial charge on any atom is 0.276 e. The van der Waals surface area contributed by atoms with Crippen molar-refractivity contribution in [3.05, 3.63) is 41.6 Å². The van der Waals surface area contributed by atoms with Gasteiger partial charge in [-0.3, -0.25) is 9.59 Å². The number of hydrogen-bond donors (Lipinski definition) is 1. The zero-order valence-electron chi connectivity index (χ0n) is 17.6.